The lowest BCUT2D eigenvalue weighted by Gasteiger charge is -2.22. The first-order valence-electron chi connectivity index (χ1n) is 7.04. The second kappa shape index (κ2) is 5.75. The molecule has 1 saturated carbocycles. The molecule has 1 fully saturated rings. The highest BCUT2D eigenvalue weighted by Crippen LogP contribution is 2.26. The van der Waals surface area contributed by atoms with E-state index in [0.29, 0.717) is 6.10 Å². The Labute approximate surface area is 111 Å². The molecule has 0 radical (unpaired) electrons. The molecule has 2 rings (SSSR count). The van der Waals surface area contributed by atoms with E-state index in [0.717, 1.165) is 12.3 Å². The average molecular weight is 247 g/mol. The lowest BCUT2D eigenvalue weighted by atomic mass is 10.1. The van der Waals surface area contributed by atoms with Crippen molar-refractivity contribution in [1.82, 2.24) is 5.32 Å². The smallest absolute Gasteiger partial charge is 0.124 e. The molecule has 0 heterocycles. The third-order valence-electron chi connectivity index (χ3n) is 3.38. The number of benzene rings is 1. The molecule has 0 saturated heterocycles. The van der Waals surface area contributed by atoms with Gasteiger partial charge in [-0.2, -0.15) is 0 Å². The van der Waals surface area contributed by atoms with Crippen molar-refractivity contribution in [3.8, 4) is 5.75 Å². The molecule has 0 amide bonds. The number of para-hydroxylation sites is 1. The van der Waals surface area contributed by atoms with E-state index in [2.05, 4.69) is 50.4 Å². The highest BCUT2D eigenvalue weighted by molar-refractivity contribution is 5.33. The normalized spacial score (nSPS) is 17.1. The van der Waals surface area contributed by atoms with Gasteiger partial charge in [0, 0.05) is 17.6 Å². The molecule has 1 N–H and O–H groups in total. The molecule has 1 aliphatic carbocycles. The van der Waals surface area contributed by atoms with E-state index in [9.17, 15) is 0 Å². The molecule has 0 aliphatic heterocycles. The van der Waals surface area contributed by atoms with Crippen molar-refractivity contribution in [3.63, 3.8) is 0 Å². The van der Waals surface area contributed by atoms with E-state index >= 15 is 0 Å². The Bertz CT molecular complexity index is 375. The third-order valence-corrected chi connectivity index (χ3v) is 3.38. The molecular formula is C16H25NO. The van der Waals surface area contributed by atoms with Gasteiger partial charge in [0.05, 0.1) is 6.10 Å². The fraction of sp³-hybridized carbons (Fsp3) is 0.625. The van der Waals surface area contributed by atoms with Crippen LogP contribution in [0.3, 0.4) is 0 Å². The summed E-state index contributed by atoms with van der Waals surface area (Å²) in [5, 5.41) is 3.52. The molecule has 0 bridgehead atoms. The van der Waals surface area contributed by atoms with Crippen molar-refractivity contribution >= 4 is 0 Å². The summed E-state index contributed by atoms with van der Waals surface area (Å²) >= 11 is 0. The van der Waals surface area contributed by atoms with Crippen LogP contribution in [0, 0.1) is 0 Å². The first-order valence-corrected chi connectivity index (χ1v) is 7.04. The van der Waals surface area contributed by atoms with Gasteiger partial charge in [0.1, 0.15) is 5.75 Å². The Balaban J connectivity index is 2.00. The number of hydrogen-bond acceptors (Lipinski definition) is 2. The molecule has 0 aromatic heterocycles. The van der Waals surface area contributed by atoms with Crippen LogP contribution in [0.5, 0.6) is 5.75 Å². The highest BCUT2D eigenvalue weighted by atomic mass is 16.5. The van der Waals surface area contributed by atoms with Gasteiger partial charge in [-0.15, -0.1) is 0 Å². The van der Waals surface area contributed by atoms with Crippen molar-refractivity contribution in [1.29, 1.82) is 0 Å². The maximum absolute atomic E-state index is 6.13. The summed E-state index contributed by atoms with van der Waals surface area (Å²) in [5.41, 5.74) is 1.40. The van der Waals surface area contributed by atoms with Crippen molar-refractivity contribution in [3.05, 3.63) is 29.8 Å². The fourth-order valence-corrected chi connectivity index (χ4v) is 2.31. The molecule has 2 nitrogen and oxygen atoms in total. The summed E-state index contributed by atoms with van der Waals surface area (Å²) in [5.74, 6) is 1.06. The molecular weight excluding hydrogens is 222 g/mol. The van der Waals surface area contributed by atoms with E-state index in [4.69, 9.17) is 4.74 Å². The van der Waals surface area contributed by atoms with Gasteiger partial charge in [0.2, 0.25) is 0 Å². The topological polar surface area (TPSA) is 21.3 Å². The van der Waals surface area contributed by atoms with Crippen LogP contribution in [0.15, 0.2) is 24.3 Å². The molecule has 2 heteroatoms. The van der Waals surface area contributed by atoms with Gasteiger partial charge in [-0.25, -0.2) is 0 Å². The summed E-state index contributed by atoms with van der Waals surface area (Å²) in [6, 6.07) is 8.40. The van der Waals surface area contributed by atoms with Crippen LogP contribution in [0.2, 0.25) is 0 Å². The van der Waals surface area contributed by atoms with Crippen molar-refractivity contribution in [2.24, 2.45) is 0 Å². The summed E-state index contributed by atoms with van der Waals surface area (Å²) in [6.07, 6.45) is 5.48. The molecule has 100 valence electrons. The minimum Gasteiger partial charge on any atom is -0.490 e. The fourth-order valence-electron chi connectivity index (χ4n) is 2.31. The second-order valence-corrected chi connectivity index (χ2v) is 6.24. The SMILES string of the molecule is CC(C)(C)NCc1ccccc1OC1CCCC1. The molecule has 1 aliphatic rings. The summed E-state index contributed by atoms with van der Waals surface area (Å²) in [6.45, 7) is 7.43. The van der Waals surface area contributed by atoms with E-state index in [1.165, 1.54) is 31.2 Å². The summed E-state index contributed by atoms with van der Waals surface area (Å²) in [7, 11) is 0. The van der Waals surface area contributed by atoms with Crippen molar-refractivity contribution < 1.29 is 4.74 Å². The Morgan fingerprint density at radius 3 is 2.50 bits per heavy atom. The van der Waals surface area contributed by atoms with Gasteiger partial charge in [-0.05, 0) is 52.5 Å². The highest BCUT2D eigenvalue weighted by Gasteiger charge is 2.18. The van der Waals surface area contributed by atoms with Crippen LogP contribution in [-0.4, -0.2) is 11.6 Å². The molecule has 1 aromatic carbocycles. The largest absolute Gasteiger partial charge is 0.490 e. The Morgan fingerprint density at radius 1 is 1.17 bits per heavy atom. The van der Waals surface area contributed by atoms with Gasteiger partial charge in [0.25, 0.3) is 0 Å². The minimum atomic E-state index is 0.139. The van der Waals surface area contributed by atoms with Crippen LogP contribution in [0.1, 0.15) is 52.0 Å². The predicted molar refractivity (Wildman–Crippen MR) is 75.9 cm³/mol. The Hall–Kier alpha value is -1.02. The molecule has 1 aromatic rings. The molecule has 0 spiro atoms. The first kappa shape index (κ1) is 13.4. The second-order valence-electron chi connectivity index (χ2n) is 6.24. The zero-order chi connectivity index (χ0) is 13.0. The summed E-state index contributed by atoms with van der Waals surface area (Å²) < 4.78 is 6.13. The van der Waals surface area contributed by atoms with E-state index < -0.39 is 0 Å². The lowest BCUT2D eigenvalue weighted by molar-refractivity contribution is 0.207. The zero-order valence-corrected chi connectivity index (χ0v) is 11.8. The monoisotopic (exact) mass is 247 g/mol. The van der Waals surface area contributed by atoms with Crippen molar-refractivity contribution in [2.75, 3.05) is 0 Å². The Morgan fingerprint density at radius 2 is 1.83 bits per heavy atom. The average Bonchev–Trinajstić information content (AvgIpc) is 2.80. The van der Waals surface area contributed by atoms with Gasteiger partial charge in [-0.3, -0.25) is 0 Å². The molecule has 18 heavy (non-hydrogen) atoms. The van der Waals surface area contributed by atoms with Crippen LogP contribution >= 0.6 is 0 Å². The maximum atomic E-state index is 6.13. The standard InChI is InChI=1S/C16H25NO/c1-16(2,3)17-12-13-8-4-7-11-15(13)18-14-9-5-6-10-14/h4,7-8,11,14,17H,5-6,9-10,12H2,1-3H3. The number of nitrogens with one attached hydrogen (secondary N) is 1. The van der Waals surface area contributed by atoms with Crippen LogP contribution in [0.25, 0.3) is 0 Å². The van der Waals surface area contributed by atoms with Crippen LogP contribution in [0.4, 0.5) is 0 Å². The third kappa shape index (κ3) is 4.02. The van der Waals surface area contributed by atoms with Gasteiger partial charge < -0.3 is 10.1 Å². The van der Waals surface area contributed by atoms with E-state index in [1.54, 1.807) is 0 Å². The maximum Gasteiger partial charge on any atom is 0.124 e. The predicted octanol–water partition coefficient (Wildman–Crippen LogP) is 3.90. The van der Waals surface area contributed by atoms with Gasteiger partial charge in [0.15, 0.2) is 0 Å². The summed E-state index contributed by atoms with van der Waals surface area (Å²) in [4.78, 5) is 0. The zero-order valence-electron chi connectivity index (χ0n) is 11.8. The number of hydrogen-bond donors (Lipinski definition) is 1. The number of ether oxygens (including phenoxy) is 1. The first-order chi connectivity index (χ1) is 8.54. The quantitative estimate of drug-likeness (QED) is 0.871. The van der Waals surface area contributed by atoms with Crippen molar-refractivity contribution in [2.45, 2.75) is 64.6 Å². The van der Waals surface area contributed by atoms with Gasteiger partial charge >= 0.3 is 0 Å². The van der Waals surface area contributed by atoms with Crippen LogP contribution < -0.4 is 10.1 Å². The van der Waals surface area contributed by atoms with E-state index in [-0.39, 0.29) is 5.54 Å². The van der Waals surface area contributed by atoms with Gasteiger partial charge in [-0.1, -0.05) is 18.2 Å². The van der Waals surface area contributed by atoms with E-state index in [1.807, 2.05) is 0 Å². The minimum absolute atomic E-state index is 0.139. The van der Waals surface area contributed by atoms with Crippen LogP contribution in [-0.2, 0) is 6.54 Å². The lowest BCUT2D eigenvalue weighted by Crippen LogP contribution is -2.35. The number of rotatable bonds is 4. The molecule has 0 unspecified atom stereocenters. The molecule has 0 atom stereocenters. The Kier molecular flexibility index (Phi) is 4.28.